The summed E-state index contributed by atoms with van der Waals surface area (Å²) in [6.07, 6.45) is 0.504. The second kappa shape index (κ2) is 9.57. The maximum Gasteiger partial charge on any atom is 0.397 e. The predicted molar refractivity (Wildman–Crippen MR) is 129 cm³/mol. The van der Waals surface area contributed by atoms with Crippen LogP contribution >= 0.6 is 0 Å². The normalized spacial score (nSPS) is 11.5. The van der Waals surface area contributed by atoms with E-state index in [-0.39, 0.29) is 31.3 Å². The van der Waals surface area contributed by atoms with Crippen LogP contribution in [0.25, 0.3) is 38.4 Å². The quantitative estimate of drug-likeness (QED) is 0.177. The number of hydrogen-bond acceptors (Lipinski definition) is 4. The first-order chi connectivity index (χ1) is 17.1. The molecule has 0 aliphatic carbocycles. The molecule has 0 amide bonds. The van der Waals surface area contributed by atoms with E-state index in [2.05, 4.69) is 21.0 Å². The van der Waals surface area contributed by atoms with Gasteiger partial charge in [-0.25, -0.2) is 9.78 Å². The summed E-state index contributed by atoms with van der Waals surface area (Å²) in [4.78, 5) is 22.7. The molecule has 5 heterocycles. The number of aryl methyl sites for hydroxylation is 2. The van der Waals surface area contributed by atoms with Gasteiger partial charge in [-0.05, 0) is 42.4 Å². The Morgan fingerprint density at radius 1 is 1.08 bits per heavy atom. The molecule has 0 unspecified atom stereocenters. The summed E-state index contributed by atoms with van der Waals surface area (Å²) in [7, 11) is 1.93. The number of aromatic carboxylic acids is 1. The number of pyridine rings is 3. The third-order valence-electron chi connectivity index (χ3n) is 6.31. The molecule has 0 atom stereocenters. The van der Waals surface area contributed by atoms with Gasteiger partial charge in [-0.15, -0.1) is 12.1 Å². The number of carboxylic acid groups (broad SMARTS) is 1. The summed E-state index contributed by atoms with van der Waals surface area (Å²) >= 11 is 0. The number of benzene rings is 1. The first-order valence-corrected chi connectivity index (χ1v) is 10.9. The molecule has 0 aliphatic rings. The standard InChI is InChI=1S/C15H7F3N3.C11H12N2O2.Ir/c16-15(17,18)12-6-5-10-13(20-12)9-3-1-2-4-11(9)21-8-7-19-14(10)21;1-6-7(2)13(3)10-4-9(11(14)15)12-5-8(6)10;/h1-4,6-8H;4-5H,1-3H3,(H,14,15);/q-1;;. The van der Waals surface area contributed by atoms with Gasteiger partial charge in [0, 0.05) is 62.3 Å². The Kier molecular flexibility index (Phi) is 6.79. The van der Waals surface area contributed by atoms with Gasteiger partial charge in [0.2, 0.25) is 0 Å². The number of carboxylic acids is 1. The minimum Gasteiger partial charge on any atom is -0.477 e. The average molecular weight is 683 g/mol. The minimum absolute atomic E-state index is 0. The van der Waals surface area contributed by atoms with E-state index in [0.29, 0.717) is 16.4 Å². The molecule has 37 heavy (non-hydrogen) atoms. The molecule has 191 valence electrons. The maximum absolute atomic E-state index is 12.9. The van der Waals surface area contributed by atoms with E-state index < -0.39 is 17.8 Å². The van der Waals surface area contributed by atoms with Gasteiger partial charge < -0.3 is 19.1 Å². The van der Waals surface area contributed by atoms with Crippen molar-refractivity contribution in [3.8, 4) is 0 Å². The van der Waals surface area contributed by atoms with E-state index in [4.69, 9.17) is 5.11 Å². The Morgan fingerprint density at radius 2 is 1.81 bits per heavy atom. The average Bonchev–Trinajstić information content (AvgIpc) is 3.44. The summed E-state index contributed by atoms with van der Waals surface area (Å²) in [6.45, 7) is 4.02. The van der Waals surface area contributed by atoms with Gasteiger partial charge in [0.25, 0.3) is 0 Å². The summed E-state index contributed by atoms with van der Waals surface area (Å²) in [5.41, 5.74) is 3.91. The molecular weight excluding hydrogens is 664 g/mol. The molecular formula is C26H19F3IrN5O2-. The monoisotopic (exact) mass is 683 g/mol. The summed E-state index contributed by atoms with van der Waals surface area (Å²) < 4.78 is 42.4. The van der Waals surface area contributed by atoms with Crippen LogP contribution in [0.5, 0.6) is 0 Å². The van der Waals surface area contributed by atoms with Gasteiger partial charge in [-0.3, -0.25) is 4.98 Å². The van der Waals surface area contributed by atoms with Crippen LogP contribution in [0.4, 0.5) is 13.2 Å². The number of para-hydroxylation sites is 1. The number of hydrogen-bond donors (Lipinski definition) is 1. The van der Waals surface area contributed by atoms with Crippen LogP contribution in [-0.4, -0.2) is 35.0 Å². The number of imidazole rings is 1. The number of carbonyl (C=O) groups is 1. The molecule has 0 bridgehead atoms. The molecule has 6 aromatic rings. The van der Waals surface area contributed by atoms with E-state index in [1.54, 1.807) is 36.8 Å². The van der Waals surface area contributed by atoms with Crippen LogP contribution in [-0.2, 0) is 33.3 Å². The van der Waals surface area contributed by atoms with Gasteiger partial charge in [-0.2, -0.15) is 13.2 Å². The molecule has 0 saturated heterocycles. The number of fused-ring (bicyclic) bond motifs is 7. The number of rotatable bonds is 1. The maximum atomic E-state index is 12.9. The van der Waals surface area contributed by atoms with Crippen molar-refractivity contribution < 1.29 is 43.2 Å². The number of halogens is 3. The Bertz CT molecular complexity index is 1810. The third-order valence-corrected chi connectivity index (χ3v) is 6.31. The van der Waals surface area contributed by atoms with Crippen LogP contribution in [0, 0.1) is 19.9 Å². The summed E-state index contributed by atoms with van der Waals surface area (Å²) in [5, 5.41) is 11.0. The van der Waals surface area contributed by atoms with E-state index in [0.717, 1.165) is 33.7 Å². The van der Waals surface area contributed by atoms with Crippen molar-refractivity contribution in [1.82, 2.24) is 23.9 Å². The third kappa shape index (κ3) is 4.45. The van der Waals surface area contributed by atoms with Crippen molar-refractivity contribution in [2.45, 2.75) is 20.0 Å². The SMILES string of the molecule is Cc1c(C)n(C)c2cc(C(=O)O)ncc12.FC(F)(F)c1c[c-]c2c(n1)c1ccccc1n1ccnc21.[Ir]. The van der Waals surface area contributed by atoms with Crippen LogP contribution in [0.15, 0.2) is 55.0 Å². The van der Waals surface area contributed by atoms with Crippen molar-refractivity contribution in [3.63, 3.8) is 0 Å². The zero-order valence-corrected chi connectivity index (χ0v) is 22.2. The Balaban J connectivity index is 0.000000178. The Hall–Kier alpha value is -3.82. The van der Waals surface area contributed by atoms with Crippen molar-refractivity contribution >= 4 is 44.3 Å². The van der Waals surface area contributed by atoms with E-state index in [1.807, 2.05) is 42.0 Å². The number of nitrogens with zero attached hydrogens (tertiary/aromatic N) is 5. The van der Waals surface area contributed by atoms with Crippen molar-refractivity contribution in [2.75, 3.05) is 0 Å². The largest absolute Gasteiger partial charge is 0.477 e. The van der Waals surface area contributed by atoms with Crippen molar-refractivity contribution in [1.29, 1.82) is 0 Å². The molecule has 11 heteroatoms. The number of alkyl halides is 3. The molecule has 0 fully saturated rings. The molecule has 0 saturated carbocycles. The van der Waals surface area contributed by atoms with Crippen LogP contribution in [0.2, 0.25) is 0 Å². The molecule has 7 nitrogen and oxygen atoms in total. The minimum atomic E-state index is -4.49. The van der Waals surface area contributed by atoms with Gasteiger partial charge in [0.15, 0.2) is 0 Å². The van der Waals surface area contributed by atoms with Gasteiger partial charge >= 0.3 is 12.1 Å². The van der Waals surface area contributed by atoms with Gasteiger partial charge in [0.05, 0.1) is 16.9 Å². The Morgan fingerprint density at radius 3 is 2.51 bits per heavy atom. The van der Waals surface area contributed by atoms with Crippen molar-refractivity contribution in [3.05, 3.63) is 83.7 Å². The molecule has 5 aromatic heterocycles. The fraction of sp³-hybridized carbons (Fsp3) is 0.154. The molecule has 0 spiro atoms. The number of aromatic nitrogens is 5. The van der Waals surface area contributed by atoms with Crippen LogP contribution in [0.3, 0.4) is 0 Å². The predicted octanol–water partition coefficient (Wildman–Crippen LogP) is 5.74. The first-order valence-electron chi connectivity index (χ1n) is 10.9. The second-order valence-electron chi connectivity index (χ2n) is 8.31. The first kappa shape index (κ1) is 26.2. The fourth-order valence-electron chi connectivity index (χ4n) is 4.25. The molecule has 1 radical (unpaired) electrons. The van der Waals surface area contributed by atoms with Gasteiger partial charge in [-0.1, -0.05) is 23.6 Å². The second-order valence-corrected chi connectivity index (χ2v) is 8.31. The van der Waals surface area contributed by atoms with E-state index in [9.17, 15) is 18.0 Å². The fourth-order valence-corrected chi connectivity index (χ4v) is 4.25. The van der Waals surface area contributed by atoms with Crippen LogP contribution < -0.4 is 0 Å². The Labute approximate surface area is 221 Å². The zero-order valence-electron chi connectivity index (χ0n) is 19.8. The molecule has 6 rings (SSSR count). The molecule has 1 aromatic carbocycles. The zero-order chi connectivity index (χ0) is 25.8. The smallest absolute Gasteiger partial charge is 0.397 e. The summed E-state index contributed by atoms with van der Waals surface area (Å²) in [5.74, 6) is -0.992. The van der Waals surface area contributed by atoms with Gasteiger partial charge in [0.1, 0.15) is 5.69 Å². The van der Waals surface area contributed by atoms with Crippen LogP contribution in [0.1, 0.15) is 27.4 Å². The summed E-state index contributed by atoms with van der Waals surface area (Å²) in [6, 6.07) is 12.3. The van der Waals surface area contributed by atoms with E-state index in [1.165, 1.54) is 0 Å². The van der Waals surface area contributed by atoms with E-state index >= 15 is 0 Å². The van der Waals surface area contributed by atoms with Crippen molar-refractivity contribution in [2.24, 2.45) is 7.05 Å². The molecule has 0 aliphatic heterocycles. The molecule has 1 N–H and O–H groups in total. The topological polar surface area (TPSA) is 85.3 Å².